The van der Waals surface area contributed by atoms with Gasteiger partial charge >= 0.3 is 0 Å². The van der Waals surface area contributed by atoms with E-state index in [0.29, 0.717) is 11.4 Å². The molecule has 0 saturated carbocycles. The molecule has 1 amide bonds. The number of sulfonamides is 1. The minimum absolute atomic E-state index is 0.0591. The molecule has 31 heavy (non-hydrogen) atoms. The molecule has 160 valence electrons. The fourth-order valence-corrected chi connectivity index (χ4v) is 4.41. The van der Waals surface area contributed by atoms with Crippen molar-refractivity contribution in [2.24, 2.45) is 0 Å². The van der Waals surface area contributed by atoms with E-state index >= 15 is 0 Å². The van der Waals surface area contributed by atoms with Crippen LogP contribution < -0.4 is 9.04 Å². The summed E-state index contributed by atoms with van der Waals surface area (Å²) in [5.74, 6) is 0.0451. The summed E-state index contributed by atoms with van der Waals surface area (Å²) in [6, 6.07) is 20.5. The molecule has 0 spiro atoms. The van der Waals surface area contributed by atoms with Gasteiger partial charge in [-0.1, -0.05) is 48.9 Å². The van der Waals surface area contributed by atoms with Gasteiger partial charge in [0.1, 0.15) is 5.75 Å². The summed E-state index contributed by atoms with van der Waals surface area (Å²) in [6.07, 6.45) is 3.66. The Hall–Kier alpha value is -3.38. The topological polar surface area (TPSA) is 63.7 Å². The van der Waals surface area contributed by atoms with Crippen molar-refractivity contribution in [1.82, 2.24) is 0 Å². The number of aryl methyl sites for hydroxylation is 2. The standard InChI is InChI=1S/C25H25NO4S/c1-4-20-7-12-22(13-8-20)26(31(28,29)24-16-5-19(2)6-17-24)25(27)18-11-21-9-14-23(30-3)15-10-21/h5-18H,4H2,1-3H3/b18-11+. The molecule has 0 bridgehead atoms. The maximum Gasteiger partial charge on any atom is 0.271 e. The highest BCUT2D eigenvalue weighted by atomic mass is 32.2. The smallest absolute Gasteiger partial charge is 0.271 e. The average molecular weight is 436 g/mol. The first-order valence-corrected chi connectivity index (χ1v) is 11.4. The van der Waals surface area contributed by atoms with E-state index in [2.05, 4.69) is 0 Å². The van der Waals surface area contributed by atoms with Crippen LogP contribution in [0.1, 0.15) is 23.6 Å². The zero-order chi connectivity index (χ0) is 22.4. The summed E-state index contributed by atoms with van der Waals surface area (Å²) >= 11 is 0. The number of methoxy groups -OCH3 is 1. The molecule has 0 aliphatic carbocycles. The molecule has 0 aliphatic rings. The van der Waals surface area contributed by atoms with E-state index in [4.69, 9.17) is 4.74 Å². The molecule has 0 radical (unpaired) electrons. The number of carbonyl (C=O) groups excluding carboxylic acids is 1. The number of benzene rings is 3. The van der Waals surface area contributed by atoms with E-state index < -0.39 is 15.9 Å². The Morgan fingerprint density at radius 2 is 1.55 bits per heavy atom. The summed E-state index contributed by atoms with van der Waals surface area (Å²) < 4.78 is 32.8. The molecule has 5 nitrogen and oxygen atoms in total. The monoisotopic (exact) mass is 435 g/mol. The molecule has 3 aromatic carbocycles. The Bertz CT molecular complexity index is 1160. The number of anilines is 1. The first kappa shape index (κ1) is 22.3. The van der Waals surface area contributed by atoms with Crippen LogP contribution in [0.2, 0.25) is 0 Å². The van der Waals surface area contributed by atoms with E-state index in [1.807, 2.05) is 26.0 Å². The summed E-state index contributed by atoms with van der Waals surface area (Å²) in [5, 5.41) is 0. The third-order valence-electron chi connectivity index (χ3n) is 4.87. The molecule has 0 N–H and O–H groups in total. The average Bonchev–Trinajstić information content (AvgIpc) is 2.79. The molecule has 3 aromatic rings. The molecule has 0 aromatic heterocycles. The molecule has 0 saturated heterocycles. The third-order valence-corrected chi connectivity index (χ3v) is 6.61. The van der Waals surface area contributed by atoms with Crippen molar-refractivity contribution in [3.05, 3.63) is 95.6 Å². The van der Waals surface area contributed by atoms with E-state index in [1.54, 1.807) is 61.7 Å². The Kier molecular flexibility index (Phi) is 6.92. The maximum atomic E-state index is 13.4. The number of carbonyl (C=O) groups is 1. The van der Waals surface area contributed by atoms with E-state index in [1.165, 1.54) is 18.2 Å². The molecule has 0 aliphatic heterocycles. The van der Waals surface area contributed by atoms with Crippen LogP contribution in [0.25, 0.3) is 6.08 Å². The van der Waals surface area contributed by atoms with Crippen molar-refractivity contribution >= 4 is 27.7 Å². The number of amides is 1. The number of hydrogen-bond donors (Lipinski definition) is 0. The van der Waals surface area contributed by atoms with Crippen molar-refractivity contribution in [3.63, 3.8) is 0 Å². The predicted octanol–water partition coefficient (Wildman–Crippen LogP) is 5.00. The fraction of sp³-hybridized carbons (Fsp3) is 0.160. The van der Waals surface area contributed by atoms with Gasteiger partial charge in [-0.2, -0.15) is 4.31 Å². The van der Waals surface area contributed by atoms with Crippen LogP contribution >= 0.6 is 0 Å². The second kappa shape index (κ2) is 9.62. The van der Waals surface area contributed by atoms with Crippen molar-refractivity contribution in [3.8, 4) is 5.75 Å². The highest BCUT2D eigenvalue weighted by Crippen LogP contribution is 2.25. The first-order chi connectivity index (χ1) is 14.8. The van der Waals surface area contributed by atoms with Crippen LogP contribution in [-0.2, 0) is 21.2 Å². The van der Waals surface area contributed by atoms with Gasteiger partial charge in [-0.25, -0.2) is 8.42 Å². The van der Waals surface area contributed by atoms with Crippen LogP contribution in [-0.4, -0.2) is 21.4 Å². The van der Waals surface area contributed by atoms with Gasteiger partial charge in [-0.05, 0) is 66.9 Å². The van der Waals surface area contributed by atoms with Crippen LogP contribution in [0.4, 0.5) is 5.69 Å². The van der Waals surface area contributed by atoms with Gasteiger partial charge in [-0.3, -0.25) is 4.79 Å². The third kappa shape index (κ3) is 5.22. The number of hydrogen-bond acceptors (Lipinski definition) is 4. The molecule has 0 fully saturated rings. The summed E-state index contributed by atoms with van der Waals surface area (Å²) in [6.45, 7) is 3.89. The van der Waals surface area contributed by atoms with Crippen LogP contribution in [0.15, 0.2) is 83.8 Å². The van der Waals surface area contributed by atoms with Gasteiger partial charge in [0.25, 0.3) is 15.9 Å². The normalized spacial score (nSPS) is 11.5. The second-order valence-corrected chi connectivity index (χ2v) is 8.83. The Morgan fingerprint density at radius 1 is 0.935 bits per heavy atom. The Balaban J connectivity index is 2.00. The predicted molar refractivity (Wildman–Crippen MR) is 124 cm³/mol. The first-order valence-electron chi connectivity index (χ1n) is 9.92. The molecular weight excluding hydrogens is 410 g/mol. The van der Waals surface area contributed by atoms with Crippen LogP contribution in [0.3, 0.4) is 0 Å². The Morgan fingerprint density at radius 3 is 2.10 bits per heavy atom. The lowest BCUT2D eigenvalue weighted by molar-refractivity contribution is -0.113. The number of rotatable bonds is 7. The van der Waals surface area contributed by atoms with Gasteiger partial charge in [0.15, 0.2) is 0 Å². The fourth-order valence-electron chi connectivity index (χ4n) is 3.02. The SMILES string of the molecule is CCc1ccc(N(C(=O)/C=C/c2ccc(OC)cc2)S(=O)(=O)c2ccc(C)cc2)cc1. The molecule has 0 heterocycles. The summed E-state index contributed by atoms with van der Waals surface area (Å²) in [7, 11) is -2.52. The molecule has 0 unspecified atom stereocenters. The summed E-state index contributed by atoms with van der Waals surface area (Å²) in [5.41, 5.74) is 3.03. The van der Waals surface area contributed by atoms with E-state index in [0.717, 1.165) is 27.4 Å². The number of ether oxygens (including phenoxy) is 1. The zero-order valence-corrected chi connectivity index (χ0v) is 18.6. The van der Waals surface area contributed by atoms with Gasteiger partial charge in [-0.15, -0.1) is 0 Å². The largest absolute Gasteiger partial charge is 0.497 e. The molecular formula is C25H25NO4S. The van der Waals surface area contributed by atoms with Gasteiger partial charge in [0.05, 0.1) is 17.7 Å². The van der Waals surface area contributed by atoms with Crippen molar-refractivity contribution < 1.29 is 17.9 Å². The molecule has 6 heteroatoms. The van der Waals surface area contributed by atoms with Crippen molar-refractivity contribution in [2.75, 3.05) is 11.4 Å². The molecule has 0 atom stereocenters. The quantitative estimate of drug-likeness (QED) is 0.490. The second-order valence-electron chi connectivity index (χ2n) is 7.05. The maximum absolute atomic E-state index is 13.4. The minimum atomic E-state index is -4.09. The minimum Gasteiger partial charge on any atom is -0.497 e. The van der Waals surface area contributed by atoms with Gasteiger partial charge in [0.2, 0.25) is 0 Å². The van der Waals surface area contributed by atoms with Crippen molar-refractivity contribution in [2.45, 2.75) is 25.2 Å². The number of nitrogens with zero attached hydrogens (tertiary/aromatic N) is 1. The lowest BCUT2D eigenvalue weighted by Gasteiger charge is -2.22. The lowest BCUT2D eigenvalue weighted by atomic mass is 10.1. The summed E-state index contributed by atoms with van der Waals surface area (Å²) in [4.78, 5) is 13.2. The van der Waals surface area contributed by atoms with E-state index in [-0.39, 0.29) is 4.90 Å². The zero-order valence-electron chi connectivity index (χ0n) is 17.8. The van der Waals surface area contributed by atoms with Crippen molar-refractivity contribution in [1.29, 1.82) is 0 Å². The highest BCUT2D eigenvalue weighted by Gasteiger charge is 2.29. The van der Waals surface area contributed by atoms with Gasteiger partial charge < -0.3 is 4.74 Å². The highest BCUT2D eigenvalue weighted by molar-refractivity contribution is 7.93. The van der Waals surface area contributed by atoms with Gasteiger partial charge in [0, 0.05) is 6.08 Å². The van der Waals surface area contributed by atoms with Crippen LogP contribution in [0, 0.1) is 6.92 Å². The molecule has 3 rings (SSSR count). The van der Waals surface area contributed by atoms with E-state index in [9.17, 15) is 13.2 Å². The Labute approximate surface area is 183 Å². The lowest BCUT2D eigenvalue weighted by Crippen LogP contribution is -2.35. The van der Waals surface area contributed by atoms with Crippen LogP contribution in [0.5, 0.6) is 5.75 Å².